The maximum Gasteiger partial charge on any atom is 0.271 e. The number of rotatable bonds is 14. The Balaban J connectivity index is 3.80. The highest BCUT2D eigenvalue weighted by atomic mass is 16.7. The van der Waals surface area contributed by atoms with E-state index in [2.05, 4.69) is 34.3 Å². The van der Waals surface area contributed by atoms with E-state index in [0.29, 0.717) is 17.8 Å². The summed E-state index contributed by atoms with van der Waals surface area (Å²) in [4.78, 5) is 0. The molecule has 2 heteroatoms. The van der Waals surface area contributed by atoms with E-state index in [-0.39, 0.29) is 0 Å². The number of hydrogen-bond acceptors (Lipinski definition) is 2. The van der Waals surface area contributed by atoms with E-state index in [1.54, 1.807) is 0 Å². The standard InChI is InChI=1S/C18H36O2/c1-6-10-12-17(8-3)14-19-16(5)20-15-18(9-4)13-11-7-2/h17-18H,5-15H2,1-4H3. The van der Waals surface area contributed by atoms with Gasteiger partial charge in [0.15, 0.2) is 0 Å². The van der Waals surface area contributed by atoms with Crippen molar-refractivity contribution in [2.24, 2.45) is 11.8 Å². The van der Waals surface area contributed by atoms with Crippen LogP contribution in [0, 0.1) is 11.8 Å². The predicted octanol–water partition coefficient (Wildman–Crippen LogP) is 5.92. The minimum atomic E-state index is 0.509. The Bertz CT molecular complexity index is 203. The van der Waals surface area contributed by atoms with Gasteiger partial charge in [0.2, 0.25) is 0 Å². The van der Waals surface area contributed by atoms with Gasteiger partial charge in [0.05, 0.1) is 13.2 Å². The molecule has 0 bridgehead atoms. The molecule has 0 aromatic carbocycles. The lowest BCUT2D eigenvalue weighted by Gasteiger charge is -2.19. The molecule has 0 saturated heterocycles. The van der Waals surface area contributed by atoms with Gasteiger partial charge < -0.3 is 9.47 Å². The van der Waals surface area contributed by atoms with Gasteiger partial charge in [-0.2, -0.15) is 0 Å². The highest BCUT2D eigenvalue weighted by molar-refractivity contribution is 4.71. The Labute approximate surface area is 126 Å². The molecule has 0 radical (unpaired) electrons. The summed E-state index contributed by atoms with van der Waals surface area (Å²) in [7, 11) is 0. The molecule has 0 heterocycles. The first-order valence-corrected chi connectivity index (χ1v) is 8.62. The molecular formula is C18H36O2. The molecule has 120 valence electrons. The van der Waals surface area contributed by atoms with Crippen LogP contribution in [-0.2, 0) is 9.47 Å². The Kier molecular flexibility index (Phi) is 12.9. The van der Waals surface area contributed by atoms with Crippen LogP contribution in [0.3, 0.4) is 0 Å². The third-order valence-electron chi connectivity index (χ3n) is 4.05. The smallest absolute Gasteiger partial charge is 0.271 e. The highest BCUT2D eigenvalue weighted by Gasteiger charge is 2.10. The number of hydrogen-bond donors (Lipinski definition) is 0. The zero-order valence-corrected chi connectivity index (χ0v) is 14.2. The maximum absolute atomic E-state index is 5.67. The summed E-state index contributed by atoms with van der Waals surface area (Å²) >= 11 is 0. The molecule has 0 aromatic rings. The van der Waals surface area contributed by atoms with Crippen molar-refractivity contribution < 1.29 is 9.47 Å². The van der Waals surface area contributed by atoms with Crippen LogP contribution < -0.4 is 0 Å². The van der Waals surface area contributed by atoms with Gasteiger partial charge in [-0.25, -0.2) is 0 Å². The summed E-state index contributed by atoms with van der Waals surface area (Å²) in [6.07, 6.45) is 9.90. The minimum absolute atomic E-state index is 0.509. The van der Waals surface area contributed by atoms with E-state index >= 15 is 0 Å². The van der Waals surface area contributed by atoms with Crippen LogP contribution in [0.5, 0.6) is 0 Å². The second kappa shape index (κ2) is 13.3. The van der Waals surface area contributed by atoms with Crippen molar-refractivity contribution in [2.75, 3.05) is 13.2 Å². The molecule has 20 heavy (non-hydrogen) atoms. The first kappa shape index (κ1) is 19.3. The van der Waals surface area contributed by atoms with Crippen molar-refractivity contribution in [3.8, 4) is 0 Å². The van der Waals surface area contributed by atoms with Crippen LogP contribution in [0.15, 0.2) is 12.5 Å². The predicted molar refractivity (Wildman–Crippen MR) is 87.7 cm³/mol. The van der Waals surface area contributed by atoms with E-state index < -0.39 is 0 Å². The monoisotopic (exact) mass is 284 g/mol. The second-order valence-corrected chi connectivity index (χ2v) is 5.83. The molecule has 0 saturated carbocycles. The lowest BCUT2D eigenvalue weighted by molar-refractivity contribution is 0.00606. The van der Waals surface area contributed by atoms with Crippen molar-refractivity contribution >= 4 is 0 Å². The number of ether oxygens (including phenoxy) is 2. The van der Waals surface area contributed by atoms with E-state index in [9.17, 15) is 0 Å². The van der Waals surface area contributed by atoms with Gasteiger partial charge in [-0.3, -0.25) is 0 Å². The van der Waals surface area contributed by atoms with Crippen molar-refractivity contribution in [3.05, 3.63) is 12.5 Å². The number of unbranched alkanes of at least 4 members (excludes halogenated alkanes) is 2. The molecule has 0 amide bonds. The van der Waals surface area contributed by atoms with Crippen LogP contribution in [0.4, 0.5) is 0 Å². The van der Waals surface area contributed by atoms with Gasteiger partial charge in [0.1, 0.15) is 0 Å². The fourth-order valence-corrected chi connectivity index (χ4v) is 2.26. The molecule has 2 unspecified atom stereocenters. The first-order valence-electron chi connectivity index (χ1n) is 8.62. The van der Waals surface area contributed by atoms with Crippen LogP contribution in [-0.4, -0.2) is 13.2 Å². The quantitative estimate of drug-likeness (QED) is 0.368. The summed E-state index contributed by atoms with van der Waals surface area (Å²) in [5.74, 6) is 1.78. The van der Waals surface area contributed by atoms with E-state index in [0.717, 1.165) is 13.2 Å². The van der Waals surface area contributed by atoms with Gasteiger partial charge in [0.25, 0.3) is 5.95 Å². The molecule has 0 aliphatic carbocycles. The fraction of sp³-hybridized carbons (Fsp3) is 0.889. The molecule has 0 rings (SSSR count). The average Bonchev–Trinajstić information content (AvgIpc) is 2.47. The maximum atomic E-state index is 5.67. The molecule has 0 aromatic heterocycles. The van der Waals surface area contributed by atoms with E-state index in [1.807, 2.05) is 0 Å². The Hall–Kier alpha value is -0.660. The van der Waals surface area contributed by atoms with Gasteiger partial charge in [-0.1, -0.05) is 66.2 Å². The molecular weight excluding hydrogens is 248 g/mol. The molecule has 0 fully saturated rings. The summed E-state index contributed by atoms with van der Waals surface area (Å²) in [6, 6.07) is 0. The molecule has 0 aliphatic heterocycles. The van der Waals surface area contributed by atoms with Crippen molar-refractivity contribution in [2.45, 2.75) is 79.1 Å². The van der Waals surface area contributed by atoms with Crippen LogP contribution in [0.2, 0.25) is 0 Å². The lowest BCUT2D eigenvalue weighted by Crippen LogP contribution is -2.13. The normalized spacial score (nSPS) is 13.8. The third kappa shape index (κ3) is 10.2. The van der Waals surface area contributed by atoms with Gasteiger partial charge >= 0.3 is 0 Å². The second-order valence-electron chi connectivity index (χ2n) is 5.83. The van der Waals surface area contributed by atoms with Crippen LogP contribution in [0.1, 0.15) is 79.1 Å². The fourth-order valence-electron chi connectivity index (χ4n) is 2.26. The summed E-state index contributed by atoms with van der Waals surface area (Å²) in [6.45, 7) is 14.3. The highest BCUT2D eigenvalue weighted by Crippen LogP contribution is 2.17. The van der Waals surface area contributed by atoms with E-state index in [4.69, 9.17) is 9.47 Å². The summed E-state index contributed by atoms with van der Waals surface area (Å²) in [5, 5.41) is 0. The summed E-state index contributed by atoms with van der Waals surface area (Å²) in [5.41, 5.74) is 0. The molecule has 0 aliphatic rings. The zero-order chi connectivity index (χ0) is 15.2. The Morgan fingerprint density at radius 2 is 1.20 bits per heavy atom. The van der Waals surface area contributed by atoms with Crippen LogP contribution in [0.25, 0.3) is 0 Å². The van der Waals surface area contributed by atoms with Crippen molar-refractivity contribution in [1.29, 1.82) is 0 Å². The zero-order valence-electron chi connectivity index (χ0n) is 14.2. The SMILES string of the molecule is C=C(OCC(CC)CCCC)OCC(CC)CCCC. The molecule has 0 spiro atoms. The minimum Gasteiger partial charge on any atom is -0.466 e. The van der Waals surface area contributed by atoms with Gasteiger partial charge in [-0.05, 0) is 31.3 Å². The average molecular weight is 284 g/mol. The molecule has 2 nitrogen and oxygen atoms in total. The molecule has 2 atom stereocenters. The van der Waals surface area contributed by atoms with Crippen molar-refractivity contribution in [1.82, 2.24) is 0 Å². The van der Waals surface area contributed by atoms with Gasteiger partial charge in [0, 0.05) is 0 Å². The van der Waals surface area contributed by atoms with Gasteiger partial charge in [-0.15, -0.1) is 0 Å². The Morgan fingerprint density at radius 1 is 0.800 bits per heavy atom. The largest absolute Gasteiger partial charge is 0.466 e. The first-order chi connectivity index (χ1) is 9.67. The Morgan fingerprint density at radius 3 is 1.50 bits per heavy atom. The van der Waals surface area contributed by atoms with Crippen LogP contribution >= 0.6 is 0 Å². The topological polar surface area (TPSA) is 18.5 Å². The third-order valence-corrected chi connectivity index (χ3v) is 4.05. The van der Waals surface area contributed by atoms with E-state index in [1.165, 1.54) is 51.4 Å². The molecule has 0 N–H and O–H groups in total. The van der Waals surface area contributed by atoms with Crippen molar-refractivity contribution in [3.63, 3.8) is 0 Å². The summed E-state index contributed by atoms with van der Waals surface area (Å²) < 4.78 is 11.3. The lowest BCUT2D eigenvalue weighted by atomic mass is 10.0.